The van der Waals surface area contributed by atoms with E-state index in [2.05, 4.69) is 52.6 Å². The van der Waals surface area contributed by atoms with Crippen molar-refractivity contribution in [1.82, 2.24) is 15.4 Å². The molecule has 1 amide bonds. The lowest BCUT2D eigenvalue weighted by Crippen LogP contribution is -2.36. The van der Waals surface area contributed by atoms with Crippen LogP contribution in [0.1, 0.15) is 91.9 Å². The highest BCUT2D eigenvalue weighted by Crippen LogP contribution is 2.28. The van der Waals surface area contributed by atoms with Gasteiger partial charge in [-0.15, -0.1) is 0 Å². The molecule has 0 radical (unpaired) electrons. The van der Waals surface area contributed by atoms with Crippen molar-refractivity contribution in [2.75, 3.05) is 19.6 Å². The Morgan fingerprint density at radius 3 is 2.77 bits per heavy atom. The van der Waals surface area contributed by atoms with Gasteiger partial charge in [0, 0.05) is 24.6 Å². The summed E-state index contributed by atoms with van der Waals surface area (Å²) in [6, 6.07) is 12.9. The summed E-state index contributed by atoms with van der Waals surface area (Å²) in [7, 11) is 0. The van der Waals surface area contributed by atoms with Crippen molar-refractivity contribution in [3.8, 4) is 0 Å². The predicted octanol–water partition coefficient (Wildman–Crippen LogP) is 5.11. The minimum atomic E-state index is -0.106. The first-order valence-corrected chi connectivity index (χ1v) is 11.7. The summed E-state index contributed by atoms with van der Waals surface area (Å²) in [4.78, 5) is 15.1. The maximum atomic E-state index is 12.5. The number of hydrogen-bond donors (Lipinski definition) is 1. The van der Waals surface area contributed by atoms with Gasteiger partial charge in [-0.2, -0.15) is 0 Å². The molecule has 1 saturated carbocycles. The van der Waals surface area contributed by atoms with Crippen LogP contribution in [-0.4, -0.2) is 41.6 Å². The third kappa shape index (κ3) is 5.51. The molecule has 162 valence electrons. The highest BCUT2D eigenvalue weighted by Gasteiger charge is 2.26. The van der Waals surface area contributed by atoms with Gasteiger partial charge in [0.15, 0.2) is 0 Å². The van der Waals surface area contributed by atoms with Crippen LogP contribution in [-0.2, 0) is 0 Å². The Bertz CT molecular complexity index is 798. The zero-order chi connectivity index (χ0) is 20.8. The molecule has 30 heavy (non-hydrogen) atoms. The SMILES string of the molecule is C[C@@H](CCN1CCC[C@@H](c2cc(C(=O)NC3CCCCC3)on2)C1)c1ccccc1. The largest absolute Gasteiger partial charge is 0.351 e. The van der Waals surface area contributed by atoms with E-state index in [1.807, 2.05) is 6.07 Å². The lowest BCUT2D eigenvalue weighted by Gasteiger charge is -2.32. The summed E-state index contributed by atoms with van der Waals surface area (Å²) in [6.07, 6.45) is 9.27. The van der Waals surface area contributed by atoms with E-state index in [0.717, 1.165) is 51.0 Å². The van der Waals surface area contributed by atoms with Crippen LogP contribution in [0.25, 0.3) is 0 Å². The molecule has 2 aliphatic rings. The standard InChI is InChI=1S/C25H35N3O2/c1-19(20-9-4-2-5-10-20)14-16-28-15-8-11-21(18-28)23-17-24(30-27-23)25(29)26-22-12-6-3-7-13-22/h2,4-5,9-10,17,19,21-22H,3,6-8,11-16,18H2,1H3,(H,26,29)/t19-,21+/m0/s1. The Balaban J connectivity index is 1.28. The van der Waals surface area contributed by atoms with E-state index in [9.17, 15) is 4.79 Å². The zero-order valence-electron chi connectivity index (χ0n) is 18.2. The summed E-state index contributed by atoms with van der Waals surface area (Å²) < 4.78 is 5.43. The molecule has 2 atom stereocenters. The summed E-state index contributed by atoms with van der Waals surface area (Å²) in [5.41, 5.74) is 2.35. The Hall–Kier alpha value is -2.14. The number of aromatic nitrogens is 1. The van der Waals surface area contributed by atoms with Crippen LogP contribution in [0.2, 0.25) is 0 Å². The number of benzene rings is 1. The van der Waals surface area contributed by atoms with Crippen LogP contribution in [0.3, 0.4) is 0 Å². The topological polar surface area (TPSA) is 58.4 Å². The van der Waals surface area contributed by atoms with E-state index in [1.165, 1.54) is 31.2 Å². The third-order valence-electron chi connectivity index (χ3n) is 6.86. The van der Waals surface area contributed by atoms with Gasteiger partial charge in [0.05, 0.1) is 5.69 Å². The van der Waals surface area contributed by atoms with Crippen molar-refractivity contribution in [2.45, 2.75) is 76.2 Å². The van der Waals surface area contributed by atoms with Gasteiger partial charge in [0.25, 0.3) is 5.91 Å². The number of amides is 1. The third-order valence-corrected chi connectivity index (χ3v) is 6.86. The number of nitrogens with zero attached hydrogens (tertiary/aromatic N) is 2. The summed E-state index contributed by atoms with van der Waals surface area (Å²) in [5, 5.41) is 7.39. The molecule has 1 N–H and O–H groups in total. The minimum Gasteiger partial charge on any atom is -0.351 e. The van der Waals surface area contributed by atoms with Gasteiger partial charge in [-0.1, -0.05) is 61.7 Å². The van der Waals surface area contributed by atoms with Crippen molar-refractivity contribution in [3.63, 3.8) is 0 Å². The average Bonchev–Trinajstić information content (AvgIpc) is 3.30. The minimum absolute atomic E-state index is 0.106. The molecular formula is C25H35N3O2. The summed E-state index contributed by atoms with van der Waals surface area (Å²) in [5.74, 6) is 1.18. The van der Waals surface area contributed by atoms with Crippen LogP contribution >= 0.6 is 0 Å². The quantitative estimate of drug-likeness (QED) is 0.690. The van der Waals surface area contributed by atoms with E-state index >= 15 is 0 Å². The number of likely N-dealkylation sites (tertiary alicyclic amines) is 1. The van der Waals surface area contributed by atoms with E-state index < -0.39 is 0 Å². The lowest BCUT2D eigenvalue weighted by molar-refractivity contribution is 0.0890. The lowest BCUT2D eigenvalue weighted by atomic mass is 9.93. The molecule has 1 aliphatic heterocycles. The molecule has 1 saturated heterocycles. The van der Waals surface area contributed by atoms with E-state index in [4.69, 9.17) is 4.52 Å². The van der Waals surface area contributed by atoms with Crippen molar-refractivity contribution in [2.24, 2.45) is 0 Å². The molecule has 2 aromatic rings. The fraction of sp³-hybridized carbons (Fsp3) is 0.600. The van der Waals surface area contributed by atoms with Crippen LogP contribution in [0, 0.1) is 0 Å². The van der Waals surface area contributed by atoms with Crippen molar-refractivity contribution in [1.29, 1.82) is 0 Å². The molecule has 2 heterocycles. The number of nitrogens with one attached hydrogen (secondary N) is 1. The highest BCUT2D eigenvalue weighted by molar-refractivity contribution is 5.91. The second kappa shape index (κ2) is 10.3. The summed E-state index contributed by atoms with van der Waals surface area (Å²) in [6.45, 7) is 5.55. The molecule has 1 aromatic carbocycles. The maximum Gasteiger partial charge on any atom is 0.290 e. The van der Waals surface area contributed by atoms with E-state index in [-0.39, 0.29) is 11.9 Å². The van der Waals surface area contributed by atoms with Gasteiger partial charge in [-0.05, 0) is 56.7 Å². The van der Waals surface area contributed by atoms with Gasteiger partial charge >= 0.3 is 0 Å². The molecule has 2 fully saturated rings. The van der Waals surface area contributed by atoms with Gasteiger partial charge in [-0.25, -0.2) is 0 Å². The Labute approximate surface area is 180 Å². The molecular weight excluding hydrogens is 374 g/mol. The first kappa shape index (κ1) is 21.1. The average molecular weight is 410 g/mol. The van der Waals surface area contributed by atoms with Crippen molar-refractivity contribution >= 4 is 5.91 Å². The summed E-state index contributed by atoms with van der Waals surface area (Å²) >= 11 is 0. The van der Waals surface area contributed by atoms with Gasteiger partial charge in [0.1, 0.15) is 0 Å². The van der Waals surface area contributed by atoms with Crippen LogP contribution in [0.15, 0.2) is 40.9 Å². The zero-order valence-corrected chi connectivity index (χ0v) is 18.2. The second-order valence-electron chi connectivity index (χ2n) is 9.16. The Morgan fingerprint density at radius 2 is 1.97 bits per heavy atom. The van der Waals surface area contributed by atoms with Crippen LogP contribution in [0.5, 0.6) is 0 Å². The van der Waals surface area contributed by atoms with Crippen LogP contribution < -0.4 is 5.32 Å². The second-order valence-corrected chi connectivity index (χ2v) is 9.16. The first-order chi connectivity index (χ1) is 14.7. The van der Waals surface area contributed by atoms with Gasteiger partial charge in [0.2, 0.25) is 5.76 Å². The number of carbonyl (C=O) groups excluding carboxylic acids is 1. The normalized spacial score (nSPS) is 22.0. The number of piperidine rings is 1. The maximum absolute atomic E-state index is 12.5. The van der Waals surface area contributed by atoms with Crippen molar-refractivity contribution < 1.29 is 9.32 Å². The molecule has 0 unspecified atom stereocenters. The predicted molar refractivity (Wildman–Crippen MR) is 119 cm³/mol. The number of hydrogen-bond acceptors (Lipinski definition) is 4. The van der Waals surface area contributed by atoms with Gasteiger partial charge in [-0.3, -0.25) is 4.79 Å². The molecule has 5 nitrogen and oxygen atoms in total. The van der Waals surface area contributed by atoms with Gasteiger partial charge < -0.3 is 14.7 Å². The monoisotopic (exact) mass is 409 g/mol. The van der Waals surface area contributed by atoms with Crippen LogP contribution in [0.4, 0.5) is 0 Å². The molecule has 5 heteroatoms. The molecule has 0 spiro atoms. The Kier molecular flexibility index (Phi) is 7.21. The fourth-order valence-electron chi connectivity index (χ4n) is 4.92. The molecule has 1 aromatic heterocycles. The van der Waals surface area contributed by atoms with Crippen molar-refractivity contribution in [3.05, 3.63) is 53.4 Å². The molecule has 4 rings (SSSR count). The van der Waals surface area contributed by atoms with E-state index in [1.54, 1.807) is 0 Å². The highest BCUT2D eigenvalue weighted by atomic mass is 16.5. The fourth-order valence-corrected chi connectivity index (χ4v) is 4.92. The molecule has 1 aliphatic carbocycles. The van der Waals surface area contributed by atoms with E-state index in [0.29, 0.717) is 17.6 Å². The number of rotatable bonds is 7. The molecule has 0 bridgehead atoms. The number of carbonyl (C=O) groups is 1. The first-order valence-electron chi connectivity index (χ1n) is 11.7. The Morgan fingerprint density at radius 1 is 1.17 bits per heavy atom. The smallest absolute Gasteiger partial charge is 0.290 e.